The molecule has 0 aliphatic carbocycles. The molecule has 0 unspecified atom stereocenters. The first-order valence-electron chi connectivity index (χ1n) is 6.61. The van der Waals surface area contributed by atoms with Crippen LogP contribution in [0.3, 0.4) is 0 Å². The van der Waals surface area contributed by atoms with Gasteiger partial charge in [0.1, 0.15) is 0 Å². The van der Waals surface area contributed by atoms with Crippen molar-refractivity contribution in [1.29, 1.82) is 0 Å². The summed E-state index contributed by atoms with van der Waals surface area (Å²) in [5.41, 5.74) is 6.14. The maximum absolute atomic E-state index is 11.8. The molecule has 0 bridgehead atoms. The van der Waals surface area contributed by atoms with E-state index in [1.54, 1.807) is 4.40 Å². The number of hydrogen-bond acceptors (Lipinski definition) is 4. The van der Waals surface area contributed by atoms with Crippen molar-refractivity contribution in [2.24, 2.45) is 5.73 Å². The molecule has 102 valence electrons. The Hall–Kier alpha value is -1.95. The molecule has 0 saturated carbocycles. The molecule has 1 amide bonds. The Morgan fingerprint density at radius 1 is 1.21 bits per heavy atom. The normalized spacial score (nSPS) is 10.8. The van der Waals surface area contributed by atoms with Crippen molar-refractivity contribution in [2.75, 3.05) is 11.9 Å². The molecule has 2 rings (SSSR count). The number of carbonyl (C=O) groups excluding carboxylic acids is 1. The largest absolute Gasteiger partial charge is 0.330 e. The molecule has 2 aromatic rings. The molecular formula is C13H19N5O. The Kier molecular flexibility index (Phi) is 4.85. The van der Waals surface area contributed by atoms with Crippen LogP contribution < -0.4 is 11.1 Å². The van der Waals surface area contributed by atoms with E-state index in [0.29, 0.717) is 12.4 Å². The first kappa shape index (κ1) is 13.5. The van der Waals surface area contributed by atoms with Gasteiger partial charge in [0.05, 0.1) is 0 Å². The predicted molar refractivity (Wildman–Crippen MR) is 73.8 cm³/mol. The second-order valence-electron chi connectivity index (χ2n) is 4.45. The van der Waals surface area contributed by atoms with Crippen LogP contribution in [-0.4, -0.2) is 27.0 Å². The third kappa shape index (κ3) is 3.75. The maximum atomic E-state index is 11.8. The molecule has 0 spiro atoms. The van der Waals surface area contributed by atoms with Gasteiger partial charge in [0.2, 0.25) is 11.9 Å². The van der Waals surface area contributed by atoms with Crippen LogP contribution in [-0.2, 0) is 4.79 Å². The number of pyridine rings is 1. The summed E-state index contributed by atoms with van der Waals surface area (Å²) in [5, 5.41) is 10.7. The molecule has 2 aromatic heterocycles. The summed E-state index contributed by atoms with van der Waals surface area (Å²) in [5.74, 6) is 0.452. The van der Waals surface area contributed by atoms with Crippen molar-refractivity contribution in [1.82, 2.24) is 14.6 Å². The minimum atomic E-state index is -0.0223. The lowest BCUT2D eigenvalue weighted by Gasteiger charge is -2.03. The molecule has 6 nitrogen and oxygen atoms in total. The van der Waals surface area contributed by atoms with E-state index in [2.05, 4.69) is 15.5 Å². The van der Waals surface area contributed by atoms with E-state index in [1.807, 2.05) is 24.4 Å². The van der Waals surface area contributed by atoms with Gasteiger partial charge in [-0.15, -0.1) is 10.2 Å². The maximum Gasteiger partial charge on any atom is 0.235 e. The number of unbranched alkanes of at least 4 members (excludes halogenated alkanes) is 3. The molecule has 0 aliphatic heterocycles. The molecule has 0 fully saturated rings. The fraction of sp³-hybridized carbons (Fsp3) is 0.462. The zero-order chi connectivity index (χ0) is 13.5. The molecule has 0 radical (unpaired) electrons. The Balaban J connectivity index is 1.82. The van der Waals surface area contributed by atoms with Crippen molar-refractivity contribution in [3.8, 4) is 0 Å². The topological polar surface area (TPSA) is 85.3 Å². The average Bonchev–Trinajstić information content (AvgIpc) is 2.82. The molecule has 0 aliphatic rings. The fourth-order valence-electron chi connectivity index (χ4n) is 1.90. The van der Waals surface area contributed by atoms with Crippen LogP contribution in [0.15, 0.2) is 24.4 Å². The van der Waals surface area contributed by atoms with Crippen molar-refractivity contribution in [3.63, 3.8) is 0 Å². The number of carbonyl (C=O) groups is 1. The number of fused-ring (bicyclic) bond motifs is 1. The SMILES string of the molecule is NCCCCCCC(=O)Nc1nnc2ccccn12. The number of nitrogens with two attached hydrogens (primary N) is 1. The van der Waals surface area contributed by atoms with Gasteiger partial charge in [-0.3, -0.25) is 14.5 Å². The van der Waals surface area contributed by atoms with E-state index in [-0.39, 0.29) is 5.91 Å². The lowest BCUT2D eigenvalue weighted by Crippen LogP contribution is -2.13. The second-order valence-corrected chi connectivity index (χ2v) is 4.45. The zero-order valence-corrected chi connectivity index (χ0v) is 10.9. The van der Waals surface area contributed by atoms with Gasteiger partial charge in [-0.25, -0.2) is 0 Å². The van der Waals surface area contributed by atoms with E-state index in [0.717, 1.165) is 37.9 Å². The highest BCUT2D eigenvalue weighted by Crippen LogP contribution is 2.09. The van der Waals surface area contributed by atoms with E-state index in [9.17, 15) is 4.79 Å². The lowest BCUT2D eigenvalue weighted by molar-refractivity contribution is -0.116. The summed E-state index contributed by atoms with van der Waals surface area (Å²) in [6.07, 6.45) is 6.35. The minimum absolute atomic E-state index is 0.0223. The first-order chi connectivity index (χ1) is 9.31. The molecule has 0 atom stereocenters. The van der Waals surface area contributed by atoms with Gasteiger partial charge in [0.25, 0.3) is 0 Å². The van der Waals surface area contributed by atoms with Crippen molar-refractivity contribution in [3.05, 3.63) is 24.4 Å². The van der Waals surface area contributed by atoms with E-state index < -0.39 is 0 Å². The first-order valence-corrected chi connectivity index (χ1v) is 6.61. The Morgan fingerprint density at radius 2 is 2.05 bits per heavy atom. The molecule has 6 heteroatoms. The van der Waals surface area contributed by atoms with E-state index >= 15 is 0 Å². The molecule has 0 aromatic carbocycles. The van der Waals surface area contributed by atoms with Gasteiger partial charge < -0.3 is 5.73 Å². The quantitative estimate of drug-likeness (QED) is 0.741. The summed E-state index contributed by atoms with van der Waals surface area (Å²) in [4.78, 5) is 11.8. The highest BCUT2D eigenvalue weighted by molar-refractivity contribution is 5.89. The Morgan fingerprint density at radius 3 is 2.89 bits per heavy atom. The van der Waals surface area contributed by atoms with Crippen molar-refractivity contribution < 1.29 is 4.79 Å². The lowest BCUT2D eigenvalue weighted by atomic mass is 10.1. The second kappa shape index (κ2) is 6.84. The fourth-order valence-corrected chi connectivity index (χ4v) is 1.90. The Labute approximate surface area is 112 Å². The molecule has 19 heavy (non-hydrogen) atoms. The highest BCUT2D eigenvalue weighted by atomic mass is 16.1. The number of anilines is 1. The van der Waals surface area contributed by atoms with Gasteiger partial charge in [0, 0.05) is 12.6 Å². The van der Waals surface area contributed by atoms with Crippen LogP contribution in [0.2, 0.25) is 0 Å². The number of rotatable bonds is 7. The van der Waals surface area contributed by atoms with Crippen molar-refractivity contribution >= 4 is 17.5 Å². The number of hydrogen-bond donors (Lipinski definition) is 2. The van der Waals surface area contributed by atoms with Gasteiger partial charge in [-0.1, -0.05) is 18.9 Å². The molecule has 2 heterocycles. The minimum Gasteiger partial charge on any atom is -0.330 e. The van der Waals surface area contributed by atoms with Crippen LogP contribution in [0.25, 0.3) is 5.65 Å². The number of nitrogens with one attached hydrogen (secondary N) is 1. The van der Waals surface area contributed by atoms with Crippen LogP contribution >= 0.6 is 0 Å². The third-order valence-electron chi connectivity index (χ3n) is 2.92. The van der Waals surface area contributed by atoms with E-state index in [1.165, 1.54) is 0 Å². The predicted octanol–water partition coefficient (Wildman–Crippen LogP) is 1.58. The van der Waals surface area contributed by atoms with Gasteiger partial charge in [-0.2, -0.15) is 0 Å². The van der Waals surface area contributed by atoms with E-state index in [4.69, 9.17) is 5.73 Å². The summed E-state index contributed by atoms with van der Waals surface area (Å²) < 4.78 is 1.76. The summed E-state index contributed by atoms with van der Waals surface area (Å²) in [6.45, 7) is 0.720. The van der Waals surface area contributed by atoms with Crippen LogP contribution in [0.1, 0.15) is 32.1 Å². The number of aromatic nitrogens is 3. The van der Waals surface area contributed by atoms with Crippen LogP contribution in [0.5, 0.6) is 0 Å². The van der Waals surface area contributed by atoms with Crippen LogP contribution in [0, 0.1) is 0 Å². The number of nitrogens with zero attached hydrogens (tertiary/aromatic N) is 3. The Bertz CT molecular complexity index is 537. The summed E-state index contributed by atoms with van der Waals surface area (Å²) in [6, 6.07) is 5.60. The molecule has 0 saturated heterocycles. The van der Waals surface area contributed by atoms with Crippen LogP contribution in [0.4, 0.5) is 5.95 Å². The molecule has 3 N–H and O–H groups in total. The van der Waals surface area contributed by atoms with Gasteiger partial charge in [-0.05, 0) is 31.5 Å². The summed E-state index contributed by atoms with van der Waals surface area (Å²) >= 11 is 0. The van der Waals surface area contributed by atoms with Gasteiger partial charge in [0.15, 0.2) is 5.65 Å². The van der Waals surface area contributed by atoms with Gasteiger partial charge >= 0.3 is 0 Å². The smallest absolute Gasteiger partial charge is 0.235 e. The third-order valence-corrected chi connectivity index (χ3v) is 2.92. The monoisotopic (exact) mass is 261 g/mol. The standard InChI is InChI=1S/C13H19N5O/c14-9-5-2-1-3-8-12(19)15-13-17-16-11-7-4-6-10-18(11)13/h4,6-7,10H,1-3,5,8-9,14H2,(H,15,17,19). The summed E-state index contributed by atoms with van der Waals surface area (Å²) in [7, 11) is 0. The average molecular weight is 261 g/mol. The zero-order valence-electron chi connectivity index (χ0n) is 10.9. The molecular weight excluding hydrogens is 242 g/mol. The van der Waals surface area contributed by atoms with Crippen molar-refractivity contribution in [2.45, 2.75) is 32.1 Å². The number of amides is 1. The highest BCUT2D eigenvalue weighted by Gasteiger charge is 2.08.